The number of methoxy groups -OCH3 is 1. The highest BCUT2D eigenvalue weighted by molar-refractivity contribution is 5.94. The highest BCUT2D eigenvalue weighted by Crippen LogP contribution is 2.26. The van der Waals surface area contributed by atoms with E-state index in [1.807, 2.05) is 60.7 Å². The van der Waals surface area contributed by atoms with E-state index in [4.69, 9.17) is 15.2 Å². The highest BCUT2D eigenvalue weighted by atomic mass is 16.5. The van der Waals surface area contributed by atoms with E-state index in [0.29, 0.717) is 32.2 Å². The van der Waals surface area contributed by atoms with Gasteiger partial charge in [0.25, 0.3) is 0 Å². The van der Waals surface area contributed by atoms with Gasteiger partial charge in [-0.1, -0.05) is 60.7 Å². The summed E-state index contributed by atoms with van der Waals surface area (Å²) in [6, 6.07) is 17.1. The zero-order valence-electron chi connectivity index (χ0n) is 26.1. The van der Waals surface area contributed by atoms with Gasteiger partial charge in [-0.3, -0.25) is 14.9 Å². The molecule has 2 amide bonds. The Morgan fingerprint density at radius 3 is 2.40 bits per heavy atom. The molecule has 2 aromatic carbocycles. The summed E-state index contributed by atoms with van der Waals surface area (Å²) >= 11 is 0. The maximum absolute atomic E-state index is 13.9. The van der Waals surface area contributed by atoms with Gasteiger partial charge in [-0.05, 0) is 50.7 Å². The van der Waals surface area contributed by atoms with Gasteiger partial charge in [0.05, 0.1) is 26.7 Å². The van der Waals surface area contributed by atoms with Crippen LogP contribution in [0.15, 0.2) is 73.2 Å². The second-order valence-corrected chi connectivity index (χ2v) is 11.9. The fourth-order valence-electron chi connectivity index (χ4n) is 5.21. The first-order chi connectivity index (χ1) is 21.6. The van der Waals surface area contributed by atoms with E-state index in [0.717, 1.165) is 11.1 Å². The number of nitrogens with zero attached hydrogens (tertiary/aromatic N) is 3. The maximum atomic E-state index is 13.9. The zero-order chi connectivity index (χ0) is 32.4. The van der Waals surface area contributed by atoms with Crippen LogP contribution in [0.5, 0.6) is 0 Å². The lowest BCUT2D eigenvalue weighted by atomic mass is 10.0. The summed E-state index contributed by atoms with van der Waals surface area (Å²) in [4.78, 5) is 45.7. The number of nitrogens with two attached hydrogens (primary N) is 1. The fraction of sp³-hybridized carbons (Fsp3) is 0.455. The molecule has 1 aliphatic heterocycles. The van der Waals surface area contributed by atoms with Crippen molar-refractivity contribution in [3.05, 3.63) is 84.3 Å². The molecule has 1 aromatic heterocycles. The SMILES string of the molecule is COC(=O)C1CCCN1C(=O)C(CCc1ccccc1)n1cnc(NC(=O)C(COCc2ccccc2)NC(O)C(C)(C)N)c1. The molecular weight excluding hydrogens is 576 g/mol. The number of carbonyl (C=O) groups is 3. The molecule has 0 aliphatic carbocycles. The van der Waals surface area contributed by atoms with E-state index in [9.17, 15) is 19.5 Å². The van der Waals surface area contributed by atoms with Gasteiger partial charge in [-0.15, -0.1) is 0 Å². The molecule has 12 nitrogen and oxygen atoms in total. The number of hydrogen-bond acceptors (Lipinski definition) is 9. The summed E-state index contributed by atoms with van der Waals surface area (Å²) < 4.78 is 12.4. The second-order valence-electron chi connectivity index (χ2n) is 11.9. The molecule has 1 fully saturated rings. The van der Waals surface area contributed by atoms with Gasteiger partial charge in [0, 0.05) is 18.3 Å². The van der Waals surface area contributed by atoms with E-state index in [1.165, 1.54) is 13.4 Å². The van der Waals surface area contributed by atoms with E-state index in [-0.39, 0.29) is 24.9 Å². The van der Waals surface area contributed by atoms with Crippen molar-refractivity contribution in [2.75, 3.05) is 25.6 Å². The third kappa shape index (κ3) is 9.44. The van der Waals surface area contributed by atoms with Gasteiger partial charge in [0.15, 0.2) is 5.82 Å². The van der Waals surface area contributed by atoms with Gasteiger partial charge in [0.2, 0.25) is 11.8 Å². The number of aromatic nitrogens is 2. The molecule has 1 aliphatic rings. The van der Waals surface area contributed by atoms with Crippen molar-refractivity contribution in [2.45, 2.75) is 76.0 Å². The molecule has 45 heavy (non-hydrogen) atoms. The lowest BCUT2D eigenvalue weighted by Gasteiger charge is -2.30. The number of amides is 2. The summed E-state index contributed by atoms with van der Waals surface area (Å²) in [5.41, 5.74) is 7.04. The zero-order valence-corrected chi connectivity index (χ0v) is 26.1. The lowest BCUT2D eigenvalue weighted by molar-refractivity contribution is -0.152. The normalized spacial score (nSPS) is 17.0. The smallest absolute Gasteiger partial charge is 0.328 e. The van der Waals surface area contributed by atoms with Crippen LogP contribution in [0, 0.1) is 0 Å². The minimum atomic E-state index is -1.20. The number of ether oxygens (including phenoxy) is 2. The van der Waals surface area contributed by atoms with Crippen molar-refractivity contribution >= 4 is 23.6 Å². The molecule has 12 heteroatoms. The van der Waals surface area contributed by atoms with Crippen molar-refractivity contribution < 1.29 is 29.0 Å². The molecule has 5 N–H and O–H groups in total. The van der Waals surface area contributed by atoms with Gasteiger partial charge in [0.1, 0.15) is 24.4 Å². The molecule has 4 unspecified atom stereocenters. The Morgan fingerprint density at radius 1 is 1.09 bits per heavy atom. The summed E-state index contributed by atoms with van der Waals surface area (Å²) in [5, 5.41) is 16.2. The monoisotopic (exact) mass is 620 g/mol. The Bertz CT molecular complexity index is 1390. The van der Waals surface area contributed by atoms with Crippen molar-refractivity contribution in [2.24, 2.45) is 5.73 Å². The van der Waals surface area contributed by atoms with Crippen LogP contribution >= 0.6 is 0 Å². The first-order valence-corrected chi connectivity index (χ1v) is 15.2. The number of aryl methyl sites for hydroxylation is 1. The summed E-state index contributed by atoms with van der Waals surface area (Å²) in [7, 11) is 1.32. The minimum Gasteiger partial charge on any atom is -0.467 e. The van der Waals surface area contributed by atoms with E-state index < -0.39 is 41.8 Å². The standard InChI is InChI=1S/C33H44N6O6/c1-33(2,34)32(43)36-25(21-45-20-24-13-8-5-9-14-24)29(40)37-28-19-38(22-35-28)26(17-16-23-11-6-4-7-12-23)30(41)39-18-10-15-27(39)31(42)44-3/h4-9,11-14,19,22,25-27,32,36,43H,10,15-18,20-21,34H2,1-3H3,(H,37,40). The number of nitrogens with one attached hydrogen (secondary N) is 2. The first kappa shape index (κ1) is 33.8. The Morgan fingerprint density at radius 2 is 1.76 bits per heavy atom. The van der Waals surface area contributed by atoms with Crippen LogP contribution in [0.1, 0.15) is 50.3 Å². The van der Waals surface area contributed by atoms with Crippen LogP contribution in [0.2, 0.25) is 0 Å². The van der Waals surface area contributed by atoms with Crippen LogP contribution in [0.3, 0.4) is 0 Å². The van der Waals surface area contributed by atoms with Crippen LogP contribution in [0.4, 0.5) is 5.82 Å². The third-order valence-electron chi connectivity index (χ3n) is 7.83. The lowest BCUT2D eigenvalue weighted by Crippen LogP contribution is -2.59. The maximum Gasteiger partial charge on any atom is 0.328 e. The molecule has 242 valence electrons. The van der Waals surface area contributed by atoms with Crippen LogP contribution in [-0.2, 0) is 36.9 Å². The average Bonchev–Trinajstić information content (AvgIpc) is 3.71. The topological polar surface area (TPSA) is 161 Å². The van der Waals surface area contributed by atoms with Gasteiger partial charge in [-0.25, -0.2) is 9.78 Å². The second kappa shape index (κ2) is 15.8. The molecule has 0 saturated carbocycles. The quantitative estimate of drug-likeness (QED) is 0.148. The number of imidazole rings is 1. The number of benzene rings is 2. The van der Waals surface area contributed by atoms with Gasteiger partial charge >= 0.3 is 5.97 Å². The van der Waals surface area contributed by atoms with Gasteiger partial charge < -0.3 is 35.1 Å². The van der Waals surface area contributed by atoms with Crippen LogP contribution in [0.25, 0.3) is 0 Å². The van der Waals surface area contributed by atoms with E-state index in [1.54, 1.807) is 29.5 Å². The van der Waals surface area contributed by atoms with Crippen molar-refractivity contribution in [3.63, 3.8) is 0 Å². The molecule has 2 heterocycles. The largest absolute Gasteiger partial charge is 0.467 e. The molecule has 1 saturated heterocycles. The Labute approximate surface area is 263 Å². The average molecular weight is 621 g/mol. The number of aliphatic hydroxyl groups is 1. The molecule has 0 bridgehead atoms. The molecule has 4 rings (SSSR count). The number of esters is 1. The minimum absolute atomic E-state index is 0.0450. The summed E-state index contributed by atoms with van der Waals surface area (Å²) in [5.74, 6) is -0.915. The number of carbonyl (C=O) groups excluding carboxylic acids is 3. The number of aliphatic hydroxyl groups excluding tert-OH is 1. The predicted molar refractivity (Wildman–Crippen MR) is 169 cm³/mol. The van der Waals surface area contributed by atoms with E-state index in [2.05, 4.69) is 15.6 Å². The Balaban J connectivity index is 1.50. The van der Waals surface area contributed by atoms with Crippen molar-refractivity contribution in [1.82, 2.24) is 19.8 Å². The van der Waals surface area contributed by atoms with E-state index >= 15 is 0 Å². The molecule has 3 aromatic rings. The number of likely N-dealkylation sites (tertiary alicyclic amines) is 1. The summed E-state index contributed by atoms with van der Waals surface area (Å²) in [6.07, 6.45) is 4.21. The molecule has 0 radical (unpaired) electrons. The van der Waals surface area contributed by atoms with Gasteiger partial charge in [-0.2, -0.15) is 0 Å². The molecule has 0 spiro atoms. The van der Waals surface area contributed by atoms with Crippen molar-refractivity contribution in [3.8, 4) is 0 Å². The Hall–Kier alpha value is -4.10. The van der Waals surface area contributed by atoms with Crippen LogP contribution in [-0.4, -0.2) is 81.5 Å². The fourth-order valence-corrected chi connectivity index (χ4v) is 5.21. The van der Waals surface area contributed by atoms with Crippen molar-refractivity contribution in [1.29, 1.82) is 0 Å². The number of anilines is 1. The first-order valence-electron chi connectivity index (χ1n) is 15.2. The molecule has 4 atom stereocenters. The molecular formula is C33H44N6O6. The number of rotatable bonds is 15. The predicted octanol–water partition coefficient (Wildman–Crippen LogP) is 2.39. The highest BCUT2D eigenvalue weighted by Gasteiger charge is 2.38. The third-order valence-corrected chi connectivity index (χ3v) is 7.83. The summed E-state index contributed by atoms with van der Waals surface area (Å²) in [6.45, 7) is 3.97. The van der Waals surface area contributed by atoms with Crippen LogP contribution < -0.4 is 16.4 Å². The number of hydrogen-bond donors (Lipinski definition) is 4. The Kier molecular flexibility index (Phi) is 11.8.